The van der Waals surface area contributed by atoms with Crippen molar-refractivity contribution in [2.45, 2.75) is 44.7 Å². The third-order valence-corrected chi connectivity index (χ3v) is 7.43. The molecule has 5 rings (SSSR count). The minimum atomic E-state index is -0.987. The lowest BCUT2D eigenvalue weighted by Gasteiger charge is -2.42. The molecule has 0 radical (unpaired) electrons. The van der Waals surface area contributed by atoms with Gasteiger partial charge in [0.05, 0.1) is 18.3 Å². The summed E-state index contributed by atoms with van der Waals surface area (Å²) in [4.78, 5) is 42.5. The summed E-state index contributed by atoms with van der Waals surface area (Å²) in [5.41, 5.74) is -0.0829. The first-order chi connectivity index (χ1) is 18.4. The van der Waals surface area contributed by atoms with Crippen molar-refractivity contribution >= 4 is 12.0 Å². The molecule has 10 heteroatoms. The van der Waals surface area contributed by atoms with Crippen LogP contribution < -0.4 is 10.2 Å². The summed E-state index contributed by atoms with van der Waals surface area (Å²) >= 11 is 0. The number of ether oxygens (including phenoxy) is 1. The van der Waals surface area contributed by atoms with E-state index in [9.17, 15) is 18.8 Å². The van der Waals surface area contributed by atoms with Crippen molar-refractivity contribution in [1.29, 1.82) is 0 Å². The first kappa shape index (κ1) is 25.6. The van der Waals surface area contributed by atoms with Crippen LogP contribution in [-0.4, -0.2) is 57.3 Å². The zero-order valence-electron chi connectivity index (χ0n) is 21.1. The van der Waals surface area contributed by atoms with Crippen LogP contribution in [0.3, 0.4) is 0 Å². The molecule has 198 valence electrons. The van der Waals surface area contributed by atoms with Crippen LogP contribution in [0.1, 0.15) is 60.3 Å². The Balaban J connectivity index is 1.74. The molecule has 8 nitrogen and oxygen atoms in total. The van der Waals surface area contributed by atoms with Crippen LogP contribution in [0.2, 0.25) is 0 Å². The molecule has 1 saturated heterocycles. The number of aromatic nitrogens is 2. The van der Waals surface area contributed by atoms with Crippen LogP contribution in [0.25, 0.3) is 0 Å². The van der Waals surface area contributed by atoms with Gasteiger partial charge >= 0.3 is 6.09 Å². The molecule has 2 aliphatic rings. The van der Waals surface area contributed by atoms with Crippen molar-refractivity contribution in [3.05, 3.63) is 93.4 Å². The molecule has 0 bridgehead atoms. The fourth-order valence-corrected chi connectivity index (χ4v) is 5.65. The summed E-state index contributed by atoms with van der Waals surface area (Å²) in [5, 5.41) is 4.32. The molecular formula is C28H28F2N4O4. The number of carbonyl (C=O) groups excluding carboxylic acids is 2. The topological polar surface area (TPSA) is 84.7 Å². The van der Waals surface area contributed by atoms with Gasteiger partial charge in [-0.2, -0.15) is 5.10 Å². The highest BCUT2D eigenvalue weighted by Crippen LogP contribution is 2.46. The predicted octanol–water partition coefficient (Wildman–Crippen LogP) is 4.35. The lowest BCUT2D eigenvalue weighted by molar-refractivity contribution is 0.0563. The van der Waals surface area contributed by atoms with E-state index in [2.05, 4.69) is 5.10 Å². The maximum absolute atomic E-state index is 15.4. The van der Waals surface area contributed by atoms with Gasteiger partial charge in [0.2, 0.25) is 11.2 Å². The zero-order chi connectivity index (χ0) is 27.0. The van der Waals surface area contributed by atoms with Gasteiger partial charge in [0.25, 0.3) is 5.91 Å². The Kier molecular flexibility index (Phi) is 6.96. The summed E-state index contributed by atoms with van der Waals surface area (Å²) in [5.74, 6) is -3.63. The fourth-order valence-electron chi connectivity index (χ4n) is 5.65. The molecular weight excluding hydrogens is 494 g/mol. The third-order valence-electron chi connectivity index (χ3n) is 7.43. The van der Waals surface area contributed by atoms with Crippen molar-refractivity contribution in [3.63, 3.8) is 0 Å². The normalized spacial score (nSPS) is 19.1. The first-order valence-electron chi connectivity index (χ1n) is 12.8. The van der Waals surface area contributed by atoms with Gasteiger partial charge in [-0.1, -0.05) is 42.5 Å². The van der Waals surface area contributed by atoms with E-state index < -0.39 is 52.8 Å². The Labute approximate surface area is 218 Å². The van der Waals surface area contributed by atoms with Crippen LogP contribution in [-0.2, 0) is 0 Å². The van der Waals surface area contributed by atoms with Crippen LogP contribution >= 0.6 is 0 Å². The monoisotopic (exact) mass is 522 g/mol. The Morgan fingerprint density at radius 2 is 1.84 bits per heavy atom. The maximum Gasteiger partial charge on any atom is 0.415 e. The van der Waals surface area contributed by atoms with E-state index in [1.165, 1.54) is 21.7 Å². The first-order valence-corrected chi connectivity index (χ1v) is 12.8. The molecule has 3 atom stereocenters. The zero-order valence-corrected chi connectivity index (χ0v) is 21.1. The standard InChI is InChI=1S/C28H28F2N4O4/c1-3-32(4-2)28(37)38-26-21(35)16-31-34-24(20-14-9-15-33(20)27(36)25(26)34)22(17-10-6-5-7-11-17)18-12-8-13-19(29)23(18)30/h5-8,10-13,16,20,22,24H,3-4,9,14-15H2,1-2H3/t20-,22-,24-/m1/s1. The molecule has 38 heavy (non-hydrogen) atoms. The minimum absolute atomic E-state index is 0.107. The van der Waals surface area contributed by atoms with E-state index in [1.54, 1.807) is 30.9 Å². The molecule has 1 aromatic heterocycles. The fraction of sp³-hybridized carbons (Fsp3) is 0.357. The summed E-state index contributed by atoms with van der Waals surface area (Å²) < 4.78 is 36.7. The van der Waals surface area contributed by atoms with Crippen LogP contribution in [0, 0.1) is 11.6 Å². The number of hydrogen-bond donors (Lipinski definition) is 0. The number of benzene rings is 2. The molecule has 0 spiro atoms. The summed E-state index contributed by atoms with van der Waals surface area (Å²) in [7, 11) is 0. The lowest BCUT2D eigenvalue weighted by atomic mass is 9.79. The molecule has 2 aromatic carbocycles. The Hall–Kier alpha value is -4.08. The van der Waals surface area contributed by atoms with Crippen molar-refractivity contribution < 1.29 is 23.1 Å². The van der Waals surface area contributed by atoms with Crippen LogP contribution in [0.4, 0.5) is 13.6 Å². The molecule has 0 aliphatic carbocycles. The molecule has 0 saturated carbocycles. The number of halogens is 2. The van der Waals surface area contributed by atoms with Crippen molar-refractivity contribution in [1.82, 2.24) is 19.6 Å². The van der Waals surface area contributed by atoms with Crippen LogP contribution in [0.15, 0.2) is 59.5 Å². The minimum Gasteiger partial charge on any atom is -0.403 e. The Morgan fingerprint density at radius 3 is 2.55 bits per heavy atom. The number of amides is 2. The highest BCUT2D eigenvalue weighted by atomic mass is 19.2. The van der Waals surface area contributed by atoms with Gasteiger partial charge in [-0.25, -0.2) is 18.3 Å². The second-order valence-electron chi connectivity index (χ2n) is 9.40. The third kappa shape index (κ3) is 4.23. The average molecular weight is 523 g/mol. The van der Waals surface area contributed by atoms with E-state index >= 15 is 4.39 Å². The summed E-state index contributed by atoms with van der Waals surface area (Å²) in [6.07, 6.45) is 1.54. The molecule has 3 aromatic rings. The average Bonchev–Trinajstić information content (AvgIpc) is 3.41. The van der Waals surface area contributed by atoms with Gasteiger partial charge in [0.1, 0.15) is 0 Å². The molecule has 0 N–H and O–H groups in total. The van der Waals surface area contributed by atoms with E-state index in [0.29, 0.717) is 38.0 Å². The van der Waals surface area contributed by atoms with Gasteiger partial charge in [-0.15, -0.1) is 0 Å². The highest BCUT2D eigenvalue weighted by molar-refractivity contribution is 5.97. The second kappa shape index (κ2) is 10.4. The lowest BCUT2D eigenvalue weighted by Crippen LogP contribution is -2.51. The van der Waals surface area contributed by atoms with Gasteiger partial charge in [-0.3, -0.25) is 9.59 Å². The summed E-state index contributed by atoms with van der Waals surface area (Å²) in [6.45, 7) is 4.66. The molecule has 1 fully saturated rings. The number of fused-ring (bicyclic) bond motifs is 2. The van der Waals surface area contributed by atoms with Crippen molar-refractivity contribution in [2.24, 2.45) is 0 Å². The maximum atomic E-state index is 15.4. The Morgan fingerprint density at radius 1 is 1.11 bits per heavy atom. The smallest absolute Gasteiger partial charge is 0.403 e. The van der Waals surface area contributed by atoms with Crippen molar-refractivity contribution in [3.8, 4) is 5.75 Å². The SMILES string of the molecule is CCN(CC)C(=O)Oc1c2n(ncc1=O)[C@@H]([C@H](c1ccccc1)c1cccc(F)c1F)[C@H]1CCCN1C2=O. The van der Waals surface area contributed by atoms with Gasteiger partial charge < -0.3 is 14.5 Å². The van der Waals surface area contributed by atoms with Gasteiger partial charge in [0, 0.05) is 31.1 Å². The number of nitrogens with zero attached hydrogens (tertiary/aromatic N) is 4. The highest BCUT2D eigenvalue weighted by Gasteiger charge is 2.49. The molecule has 2 amide bonds. The summed E-state index contributed by atoms with van der Waals surface area (Å²) in [6, 6.07) is 12.0. The molecule has 0 unspecified atom stereocenters. The van der Waals surface area contributed by atoms with Gasteiger partial charge in [-0.05, 0) is 38.3 Å². The van der Waals surface area contributed by atoms with E-state index in [-0.39, 0.29) is 11.3 Å². The van der Waals surface area contributed by atoms with E-state index in [0.717, 1.165) is 12.3 Å². The number of carbonyl (C=O) groups is 2. The quantitative estimate of drug-likeness (QED) is 0.481. The predicted molar refractivity (Wildman–Crippen MR) is 135 cm³/mol. The number of hydrogen-bond acceptors (Lipinski definition) is 5. The van der Waals surface area contributed by atoms with Crippen molar-refractivity contribution in [2.75, 3.05) is 19.6 Å². The molecule has 2 aliphatic heterocycles. The van der Waals surface area contributed by atoms with E-state index in [1.807, 2.05) is 18.2 Å². The van der Waals surface area contributed by atoms with Crippen LogP contribution in [0.5, 0.6) is 5.75 Å². The second-order valence-corrected chi connectivity index (χ2v) is 9.40. The van der Waals surface area contributed by atoms with Gasteiger partial charge in [0.15, 0.2) is 17.3 Å². The number of rotatable bonds is 6. The van der Waals surface area contributed by atoms with E-state index in [4.69, 9.17) is 4.74 Å². The molecule has 3 heterocycles. The Bertz CT molecular complexity index is 1420. The largest absolute Gasteiger partial charge is 0.415 e.